The lowest BCUT2D eigenvalue weighted by Gasteiger charge is -2.10. The number of ether oxygens (including phenoxy) is 1. The second kappa shape index (κ2) is 9.61. The summed E-state index contributed by atoms with van der Waals surface area (Å²) in [6, 6.07) is 14.0. The van der Waals surface area contributed by atoms with E-state index in [2.05, 4.69) is 24.5 Å². The smallest absolute Gasteiger partial charge is 0.255 e. The lowest BCUT2D eigenvalue weighted by atomic mass is 10.1. The third-order valence-corrected chi connectivity index (χ3v) is 3.78. The van der Waals surface area contributed by atoms with E-state index >= 15 is 0 Å². The van der Waals surface area contributed by atoms with Gasteiger partial charge in [-0.1, -0.05) is 26.0 Å². The maximum atomic E-state index is 12.5. The zero-order valence-electron chi connectivity index (χ0n) is 15.5. The van der Waals surface area contributed by atoms with Gasteiger partial charge in [-0.15, -0.1) is 0 Å². The van der Waals surface area contributed by atoms with Crippen LogP contribution in [0.4, 0.5) is 5.69 Å². The Morgan fingerprint density at radius 3 is 2.38 bits per heavy atom. The maximum absolute atomic E-state index is 12.5. The number of carbonyl (C=O) groups is 2. The predicted molar refractivity (Wildman–Crippen MR) is 104 cm³/mol. The van der Waals surface area contributed by atoms with Gasteiger partial charge in [0, 0.05) is 23.4 Å². The van der Waals surface area contributed by atoms with E-state index in [9.17, 15) is 9.59 Å². The van der Waals surface area contributed by atoms with Gasteiger partial charge in [0.25, 0.3) is 11.8 Å². The molecule has 0 aliphatic carbocycles. The molecule has 0 radical (unpaired) electrons. The molecule has 0 aromatic heterocycles. The number of carbonyl (C=O) groups excluding carboxylic acids is 2. The van der Waals surface area contributed by atoms with Crippen molar-refractivity contribution in [1.82, 2.24) is 5.32 Å². The van der Waals surface area contributed by atoms with Crippen LogP contribution in [-0.4, -0.2) is 25.0 Å². The van der Waals surface area contributed by atoms with Crippen molar-refractivity contribution in [2.75, 3.05) is 18.5 Å². The van der Waals surface area contributed by atoms with E-state index in [-0.39, 0.29) is 11.8 Å². The third kappa shape index (κ3) is 5.92. The molecule has 0 saturated carbocycles. The first kappa shape index (κ1) is 19.5. The van der Waals surface area contributed by atoms with Crippen LogP contribution in [0.15, 0.2) is 48.5 Å². The average molecular weight is 354 g/mol. The molecule has 5 nitrogen and oxygen atoms in total. The fourth-order valence-electron chi connectivity index (χ4n) is 2.34. The topological polar surface area (TPSA) is 67.4 Å². The molecule has 0 fully saturated rings. The summed E-state index contributed by atoms with van der Waals surface area (Å²) in [5, 5.41) is 5.56. The Morgan fingerprint density at radius 2 is 1.69 bits per heavy atom. The minimum atomic E-state index is -0.243. The molecule has 0 atom stereocenters. The molecule has 138 valence electrons. The molecule has 26 heavy (non-hydrogen) atoms. The van der Waals surface area contributed by atoms with Crippen LogP contribution in [0, 0.1) is 5.92 Å². The molecule has 2 aromatic carbocycles. The first-order valence-electron chi connectivity index (χ1n) is 8.92. The molecule has 5 heteroatoms. The quantitative estimate of drug-likeness (QED) is 0.749. The summed E-state index contributed by atoms with van der Waals surface area (Å²) in [7, 11) is 0. The fourth-order valence-corrected chi connectivity index (χ4v) is 2.34. The van der Waals surface area contributed by atoms with Crippen LogP contribution in [0.3, 0.4) is 0 Å². The lowest BCUT2D eigenvalue weighted by molar-refractivity contribution is 0.0954. The summed E-state index contributed by atoms with van der Waals surface area (Å²) in [6.07, 6.45) is 0.961. The van der Waals surface area contributed by atoms with E-state index in [1.165, 1.54) is 0 Å². The Morgan fingerprint density at radius 1 is 1.00 bits per heavy atom. The van der Waals surface area contributed by atoms with E-state index in [1.54, 1.807) is 42.5 Å². The van der Waals surface area contributed by atoms with Crippen molar-refractivity contribution in [3.8, 4) is 5.75 Å². The van der Waals surface area contributed by atoms with Crippen LogP contribution in [0.5, 0.6) is 5.75 Å². The van der Waals surface area contributed by atoms with Crippen LogP contribution in [0.2, 0.25) is 0 Å². The number of hydrogen-bond acceptors (Lipinski definition) is 3. The lowest BCUT2D eigenvalue weighted by Crippen LogP contribution is -2.22. The van der Waals surface area contributed by atoms with Gasteiger partial charge >= 0.3 is 0 Å². The Balaban J connectivity index is 2.03. The largest absolute Gasteiger partial charge is 0.494 e. The van der Waals surface area contributed by atoms with Gasteiger partial charge in [0.2, 0.25) is 0 Å². The predicted octanol–water partition coefficient (Wildman–Crippen LogP) is 4.11. The van der Waals surface area contributed by atoms with Gasteiger partial charge in [-0.2, -0.15) is 0 Å². The Kier molecular flexibility index (Phi) is 7.21. The molecule has 0 saturated heterocycles. The van der Waals surface area contributed by atoms with Crippen LogP contribution in [0.25, 0.3) is 0 Å². The first-order chi connectivity index (χ1) is 12.5. The molecule has 0 heterocycles. The van der Waals surface area contributed by atoms with Crippen molar-refractivity contribution in [1.29, 1.82) is 0 Å². The Hall–Kier alpha value is -2.82. The Bertz CT molecular complexity index is 756. The fraction of sp³-hybridized carbons (Fsp3) is 0.333. The van der Waals surface area contributed by atoms with Crippen molar-refractivity contribution in [3.05, 3.63) is 59.7 Å². The molecule has 0 unspecified atom stereocenters. The van der Waals surface area contributed by atoms with Crippen molar-refractivity contribution >= 4 is 17.5 Å². The van der Waals surface area contributed by atoms with Crippen molar-refractivity contribution < 1.29 is 14.3 Å². The second-order valence-corrected chi connectivity index (χ2v) is 6.45. The summed E-state index contributed by atoms with van der Waals surface area (Å²) in [5.41, 5.74) is 1.59. The highest BCUT2D eigenvalue weighted by Gasteiger charge is 2.10. The van der Waals surface area contributed by atoms with E-state index < -0.39 is 0 Å². The molecule has 2 rings (SSSR count). The third-order valence-electron chi connectivity index (χ3n) is 3.78. The van der Waals surface area contributed by atoms with Crippen molar-refractivity contribution in [2.24, 2.45) is 5.92 Å². The molecule has 2 aromatic rings. The molecular formula is C21H26N2O3. The van der Waals surface area contributed by atoms with Gasteiger partial charge in [0.05, 0.1) is 6.61 Å². The second-order valence-electron chi connectivity index (χ2n) is 6.45. The summed E-state index contributed by atoms with van der Waals surface area (Å²) in [5.74, 6) is 0.838. The number of anilines is 1. The van der Waals surface area contributed by atoms with Crippen LogP contribution < -0.4 is 15.4 Å². The summed E-state index contributed by atoms with van der Waals surface area (Å²) >= 11 is 0. The standard InChI is InChI=1S/C21H26N2O3/c1-4-22-20(24)16-7-5-9-18(13-16)23-21(25)17-8-6-10-19(14-17)26-12-11-15(2)3/h5-10,13-15H,4,11-12H2,1-3H3,(H,22,24)(H,23,25). The number of benzene rings is 2. The highest BCUT2D eigenvalue weighted by Crippen LogP contribution is 2.17. The SMILES string of the molecule is CCNC(=O)c1cccc(NC(=O)c2cccc(OCCC(C)C)c2)c1. The monoisotopic (exact) mass is 354 g/mol. The number of rotatable bonds is 8. The van der Waals surface area contributed by atoms with E-state index in [0.717, 1.165) is 6.42 Å². The number of nitrogens with one attached hydrogen (secondary N) is 2. The number of hydrogen-bond donors (Lipinski definition) is 2. The average Bonchev–Trinajstić information content (AvgIpc) is 2.62. The van der Waals surface area contributed by atoms with Crippen molar-refractivity contribution in [3.63, 3.8) is 0 Å². The highest BCUT2D eigenvalue weighted by atomic mass is 16.5. The van der Waals surface area contributed by atoms with Gasteiger partial charge in [0.15, 0.2) is 0 Å². The molecule has 0 aliphatic heterocycles. The number of amides is 2. The van der Waals surface area contributed by atoms with Crippen LogP contribution >= 0.6 is 0 Å². The minimum Gasteiger partial charge on any atom is -0.494 e. The van der Waals surface area contributed by atoms with Crippen LogP contribution in [0.1, 0.15) is 47.9 Å². The highest BCUT2D eigenvalue weighted by molar-refractivity contribution is 6.05. The molecule has 0 bridgehead atoms. The van der Waals surface area contributed by atoms with Gasteiger partial charge in [-0.05, 0) is 55.7 Å². The van der Waals surface area contributed by atoms with E-state index in [0.29, 0.717) is 41.6 Å². The molecule has 2 amide bonds. The van der Waals surface area contributed by atoms with Gasteiger partial charge in [-0.25, -0.2) is 0 Å². The Labute approximate surface area is 154 Å². The molecular weight excluding hydrogens is 328 g/mol. The van der Waals surface area contributed by atoms with Crippen molar-refractivity contribution in [2.45, 2.75) is 27.2 Å². The minimum absolute atomic E-state index is 0.163. The van der Waals surface area contributed by atoms with Gasteiger partial charge < -0.3 is 15.4 Å². The molecule has 2 N–H and O–H groups in total. The first-order valence-corrected chi connectivity index (χ1v) is 8.92. The molecule has 0 aliphatic rings. The summed E-state index contributed by atoms with van der Waals surface area (Å²) in [4.78, 5) is 24.4. The zero-order valence-corrected chi connectivity index (χ0v) is 15.5. The van der Waals surface area contributed by atoms with Gasteiger partial charge in [0.1, 0.15) is 5.75 Å². The van der Waals surface area contributed by atoms with Gasteiger partial charge in [-0.3, -0.25) is 9.59 Å². The maximum Gasteiger partial charge on any atom is 0.255 e. The van der Waals surface area contributed by atoms with E-state index in [4.69, 9.17) is 4.74 Å². The molecule has 0 spiro atoms. The normalized spacial score (nSPS) is 10.5. The van der Waals surface area contributed by atoms with Crippen LogP contribution in [-0.2, 0) is 0 Å². The zero-order chi connectivity index (χ0) is 18.9. The van der Waals surface area contributed by atoms with E-state index in [1.807, 2.05) is 13.0 Å². The summed E-state index contributed by atoms with van der Waals surface area (Å²) in [6.45, 7) is 7.32. The summed E-state index contributed by atoms with van der Waals surface area (Å²) < 4.78 is 5.70.